The minimum atomic E-state index is -2.96. The van der Waals surface area contributed by atoms with Crippen LogP contribution in [0, 0.1) is 0 Å². The van der Waals surface area contributed by atoms with Gasteiger partial charge in [0.15, 0.2) is 5.96 Å². The van der Waals surface area contributed by atoms with Crippen molar-refractivity contribution >= 4 is 15.8 Å². The minimum absolute atomic E-state index is 0.00900. The highest BCUT2D eigenvalue weighted by molar-refractivity contribution is 7.90. The molecule has 0 amide bonds. The van der Waals surface area contributed by atoms with Crippen LogP contribution in [0.3, 0.4) is 0 Å². The lowest BCUT2D eigenvalue weighted by atomic mass is 10.1. The first-order chi connectivity index (χ1) is 12.2. The van der Waals surface area contributed by atoms with Crippen LogP contribution < -0.4 is 15.4 Å². The maximum Gasteiger partial charge on any atom is 0.191 e. The number of hydrogen-bond donors (Lipinski definition) is 2. The average Bonchev–Trinajstić information content (AvgIpc) is 2.58. The predicted octanol–water partition coefficient (Wildman–Crippen LogP) is 1.29. The fraction of sp³-hybridized carbons (Fsp3) is 0.611. The van der Waals surface area contributed by atoms with E-state index in [1.807, 2.05) is 33.2 Å². The number of nitrogens with one attached hydrogen (secondary N) is 2. The Labute approximate surface area is 157 Å². The quantitative estimate of drug-likeness (QED) is 0.493. The highest BCUT2D eigenvalue weighted by Gasteiger charge is 2.16. The molecule has 0 heterocycles. The van der Waals surface area contributed by atoms with E-state index in [0.717, 1.165) is 5.75 Å². The van der Waals surface area contributed by atoms with Crippen LogP contribution >= 0.6 is 0 Å². The molecule has 8 heteroatoms. The first kappa shape index (κ1) is 22.2. The van der Waals surface area contributed by atoms with Gasteiger partial charge >= 0.3 is 0 Å². The molecule has 148 valence electrons. The van der Waals surface area contributed by atoms with Gasteiger partial charge in [-0.05, 0) is 45.1 Å². The maximum absolute atomic E-state index is 11.3. The molecule has 1 aromatic carbocycles. The first-order valence-electron chi connectivity index (χ1n) is 8.61. The second-order valence-electron chi connectivity index (χ2n) is 6.67. The van der Waals surface area contributed by atoms with Crippen LogP contribution in [0.1, 0.15) is 24.9 Å². The van der Waals surface area contributed by atoms with Gasteiger partial charge in [0.25, 0.3) is 0 Å². The molecular formula is C18H32N4O3S. The number of likely N-dealkylation sites (N-methyl/N-ethyl adjacent to an activating group) is 1. The molecule has 0 bridgehead atoms. The Balaban J connectivity index is 2.65. The standard InChI is InChI=1S/C18H32N4O3S/c1-14(11-12-26(6,23)24)21-18(19-2)20-13-17(22(3)4)15-7-9-16(25-5)10-8-15/h7-10,14,17H,11-13H2,1-6H3,(H2,19,20,21). The Morgan fingerprint density at radius 2 is 1.88 bits per heavy atom. The van der Waals surface area contributed by atoms with Crippen molar-refractivity contribution in [2.24, 2.45) is 4.99 Å². The number of nitrogens with zero attached hydrogens (tertiary/aromatic N) is 2. The molecule has 0 aliphatic heterocycles. The fourth-order valence-corrected chi connectivity index (χ4v) is 3.29. The van der Waals surface area contributed by atoms with E-state index in [4.69, 9.17) is 4.74 Å². The summed E-state index contributed by atoms with van der Waals surface area (Å²) in [5, 5.41) is 6.56. The summed E-state index contributed by atoms with van der Waals surface area (Å²) < 4.78 is 27.8. The molecule has 1 rings (SSSR count). The molecule has 0 aliphatic carbocycles. The van der Waals surface area contributed by atoms with Crippen molar-refractivity contribution in [3.05, 3.63) is 29.8 Å². The van der Waals surface area contributed by atoms with Gasteiger partial charge in [0.2, 0.25) is 0 Å². The Morgan fingerprint density at radius 3 is 2.35 bits per heavy atom. The summed E-state index contributed by atoms with van der Waals surface area (Å²) >= 11 is 0. The summed E-state index contributed by atoms with van der Waals surface area (Å²) in [5.41, 5.74) is 1.17. The zero-order valence-electron chi connectivity index (χ0n) is 16.6. The van der Waals surface area contributed by atoms with Crippen LogP contribution in [0.15, 0.2) is 29.3 Å². The summed E-state index contributed by atoms with van der Waals surface area (Å²) in [5.74, 6) is 1.65. The van der Waals surface area contributed by atoms with E-state index in [2.05, 4.69) is 32.7 Å². The van der Waals surface area contributed by atoms with E-state index in [1.165, 1.54) is 11.8 Å². The van der Waals surface area contributed by atoms with Crippen molar-refractivity contribution in [3.63, 3.8) is 0 Å². The van der Waals surface area contributed by atoms with Gasteiger partial charge in [-0.2, -0.15) is 0 Å². The summed E-state index contributed by atoms with van der Waals surface area (Å²) in [4.78, 5) is 6.37. The Bertz CT molecular complexity index is 672. The zero-order valence-corrected chi connectivity index (χ0v) is 17.4. The number of guanidine groups is 1. The molecule has 2 N–H and O–H groups in total. The molecule has 0 radical (unpaired) electrons. The van der Waals surface area contributed by atoms with Gasteiger partial charge in [-0.3, -0.25) is 4.99 Å². The topological polar surface area (TPSA) is 83.0 Å². The van der Waals surface area contributed by atoms with Crippen molar-refractivity contribution in [2.45, 2.75) is 25.4 Å². The Kier molecular flexibility index (Phi) is 8.87. The van der Waals surface area contributed by atoms with Crippen LogP contribution in [0.5, 0.6) is 5.75 Å². The number of ether oxygens (including phenoxy) is 1. The van der Waals surface area contributed by atoms with Crippen LogP contribution in [0.2, 0.25) is 0 Å². The average molecular weight is 385 g/mol. The summed E-state index contributed by atoms with van der Waals surface area (Å²) in [7, 11) is 4.46. The molecule has 26 heavy (non-hydrogen) atoms. The second-order valence-corrected chi connectivity index (χ2v) is 8.93. The fourth-order valence-electron chi connectivity index (χ4n) is 2.51. The molecule has 0 saturated carbocycles. The van der Waals surface area contributed by atoms with E-state index in [0.29, 0.717) is 18.9 Å². The number of methoxy groups -OCH3 is 1. The van der Waals surface area contributed by atoms with E-state index < -0.39 is 9.84 Å². The van der Waals surface area contributed by atoms with Gasteiger partial charge < -0.3 is 20.3 Å². The smallest absolute Gasteiger partial charge is 0.191 e. The molecule has 0 aromatic heterocycles. The second kappa shape index (κ2) is 10.4. The van der Waals surface area contributed by atoms with E-state index in [1.54, 1.807) is 14.2 Å². The molecule has 0 saturated heterocycles. The van der Waals surface area contributed by atoms with Gasteiger partial charge in [-0.25, -0.2) is 8.42 Å². The molecule has 1 aromatic rings. The summed E-state index contributed by atoms with van der Waals surface area (Å²) in [6.07, 6.45) is 1.79. The lowest BCUT2D eigenvalue weighted by Gasteiger charge is -2.27. The van der Waals surface area contributed by atoms with Crippen LogP contribution in [-0.2, 0) is 9.84 Å². The van der Waals surface area contributed by atoms with Gasteiger partial charge in [-0.15, -0.1) is 0 Å². The molecule has 0 spiro atoms. The molecule has 0 aliphatic rings. The molecule has 2 unspecified atom stereocenters. The van der Waals surface area contributed by atoms with Crippen LogP contribution in [0.25, 0.3) is 0 Å². The van der Waals surface area contributed by atoms with Gasteiger partial charge in [-0.1, -0.05) is 12.1 Å². The molecule has 7 nitrogen and oxygen atoms in total. The summed E-state index contributed by atoms with van der Waals surface area (Å²) in [6, 6.07) is 8.17. The highest BCUT2D eigenvalue weighted by Crippen LogP contribution is 2.20. The lowest BCUT2D eigenvalue weighted by molar-refractivity contribution is 0.297. The van der Waals surface area contributed by atoms with Crippen molar-refractivity contribution < 1.29 is 13.2 Å². The number of benzene rings is 1. The molecular weight excluding hydrogens is 352 g/mol. The minimum Gasteiger partial charge on any atom is -0.497 e. The molecule has 0 fully saturated rings. The lowest BCUT2D eigenvalue weighted by Crippen LogP contribution is -2.45. The van der Waals surface area contributed by atoms with Crippen molar-refractivity contribution in [1.82, 2.24) is 15.5 Å². The normalized spacial score (nSPS) is 14.8. The van der Waals surface area contributed by atoms with Crippen LogP contribution in [-0.4, -0.2) is 72.1 Å². The predicted molar refractivity (Wildman–Crippen MR) is 108 cm³/mol. The summed E-state index contributed by atoms with van der Waals surface area (Å²) in [6.45, 7) is 2.61. The van der Waals surface area contributed by atoms with E-state index >= 15 is 0 Å². The van der Waals surface area contributed by atoms with E-state index in [9.17, 15) is 8.42 Å². The van der Waals surface area contributed by atoms with Crippen LogP contribution in [0.4, 0.5) is 0 Å². The Morgan fingerprint density at radius 1 is 1.27 bits per heavy atom. The first-order valence-corrected chi connectivity index (χ1v) is 10.7. The number of rotatable bonds is 9. The SMILES string of the molecule is CN=C(NCC(c1ccc(OC)cc1)N(C)C)NC(C)CCS(C)(=O)=O. The third-order valence-corrected chi connectivity index (χ3v) is 5.09. The zero-order chi connectivity index (χ0) is 19.7. The number of hydrogen-bond acceptors (Lipinski definition) is 5. The van der Waals surface area contributed by atoms with Gasteiger partial charge in [0, 0.05) is 25.9 Å². The van der Waals surface area contributed by atoms with E-state index in [-0.39, 0.29) is 17.8 Å². The maximum atomic E-state index is 11.3. The van der Waals surface area contributed by atoms with Crippen molar-refractivity contribution in [1.29, 1.82) is 0 Å². The number of aliphatic imine (C=N–C) groups is 1. The van der Waals surface area contributed by atoms with Gasteiger partial charge in [0.1, 0.15) is 15.6 Å². The van der Waals surface area contributed by atoms with Crippen molar-refractivity contribution in [2.75, 3.05) is 46.8 Å². The van der Waals surface area contributed by atoms with Crippen molar-refractivity contribution in [3.8, 4) is 5.75 Å². The number of sulfone groups is 1. The third kappa shape index (κ3) is 8.05. The highest BCUT2D eigenvalue weighted by atomic mass is 32.2. The Hall–Kier alpha value is -1.80. The molecule has 2 atom stereocenters. The monoisotopic (exact) mass is 384 g/mol. The largest absolute Gasteiger partial charge is 0.497 e. The van der Waals surface area contributed by atoms with Gasteiger partial charge in [0.05, 0.1) is 18.9 Å². The third-order valence-electron chi connectivity index (χ3n) is 4.12.